The molecule has 3 aromatic carbocycles. The van der Waals surface area contributed by atoms with Gasteiger partial charge in [0.05, 0.1) is 17.9 Å². The fraction of sp³-hybridized carbons (Fsp3) is 0.200. The highest BCUT2D eigenvalue weighted by Gasteiger charge is 2.39. The maximum Gasteiger partial charge on any atom is 0.338 e. The lowest BCUT2D eigenvalue weighted by atomic mass is 10.1. The first-order chi connectivity index (χ1) is 18.8. The molecule has 8 nitrogen and oxygen atoms in total. The van der Waals surface area contributed by atoms with E-state index in [9.17, 15) is 19.2 Å². The number of para-hydroxylation sites is 1. The van der Waals surface area contributed by atoms with Crippen LogP contribution in [0, 0.1) is 0 Å². The van der Waals surface area contributed by atoms with Crippen LogP contribution in [0.2, 0.25) is 0 Å². The van der Waals surface area contributed by atoms with Crippen LogP contribution < -0.4 is 15.1 Å². The van der Waals surface area contributed by atoms with E-state index >= 15 is 0 Å². The molecule has 0 saturated carbocycles. The van der Waals surface area contributed by atoms with Crippen LogP contribution in [0.5, 0.6) is 0 Å². The molecule has 0 fully saturated rings. The molecule has 0 aliphatic carbocycles. The lowest BCUT2D eigenvalue weighted by Crippen LogP contribution is -2.32. The molecule has 39 heavy (non-hydrogen) atoms. The van der Waals surface area contributed by atoms with Crippen LogP contribution in [0.4, 0.5) is 17.1 Å². The first kappa shape index (κ1) is 27.6. The molecule has 4 rings (SSSR count). The van der Waals surface area contributed by atoms with Crippen LogP contribution in [0.1, 0.15) is 47.4 Å². The molecule has 1 aliphatic rings. The van der Waals surface area contributed by atoms with Crippen molar-refractivity contribution >= 4 is 52.4 Å². The summed E-state index contributed by atoms with van der Waals surface area (Å²) in [5, 5.41) is 2.63. The van der Waals surface area contributed by atoms with Gasteiger partial charge in [0.1, 0.15) is 10.7 Å². The molecule has 1 aliphatic heterocycles. The number of nitrogens with one attached hydrogen (secondary N) is 1. The number of carbonyl (C=O) groups is 4. The molecule has 3 amide bonds. The number of esters is 1. The van der Waals surface area contributed by atoms with E-state index in [1.54, 1.807) is 29.2 Å². The van der Waals surface area contributed by atoms with Crippen LogP contribution in [-0.4, -0.2) is 36.8 Å². The molecule has 0 saturated heterocycles. The van der Waals surface area contributed by atoms with Crippen molar-refractivity contribution < 1.29 is 23.9 Å². The van der Waals surface area contributed by atoms with Crippen molar-refractivity contribution in [3.63, 3.8) is 0 Å². The Hall–Kier alpha value is -4.43. The lowest BCUT2D eigenvalue weighted by molar-refractivity contribution is -0.120. The largest absolute Gasteiger partial charge is 0.462 e. The van der Waals surface area contributed by atoms with Crippen molar-refractivity contribution in [1.29, 1.82) is 0 Å². The summed E-state index contributed by atoms with van der Waals surface area (Å²) in [5.41, 5.74) is 2.05. The van der Waals surface area contributed by atoms with Crippen LogP contribution in [0.25, 0.3) is 0 Å². The normalized spacial score (nSPS) is 13.1. The number of rotatable bonds is 10. The Morgan fingerprint density at radius 1 is 0.897 bits per heavy atom. The highest BCUT2D eigenvalue weighted by Crippen LogP contribution is 2.31. The molecule has 1 heterocycles. The number of ether oxygens (including phenoxy) is 1. The molecule has 0 atom stereocenters. The van der Waals surface area contributed by atoms with E-state index in [1.807, 2.05) is 44.2 Å². The van der Waals surface area contributed by atoms with Gasteiger partial charge in [0, 0.05) is 23.5 Å². The molecule has 0 unspecified atom stereocenters. The van der Waals surface area contributed by atoms with Gasteiger partial charge in [-0.3, -0.25) is 14.4 Å². The fourth-order valence-corrected chi connectivity index (χ4v) is 4.28. The van der Waals surface area contributed by atoms with Gasteiger partial charge in [-0.05, 0) is 67.9 Å². The van der Waals surface area contributed by atoms with Gasteiger partial charge in [-0.15, -0.1) is 0 Å². The Morgan fingerprint density at radius 3 is 2.28 bits per heavy atom. The molecule has 3 aromatic rings. The predicted molar refractivity (Wildman–Crippen MR) is 151 cm³/mol. The summed E-state index contributed by atoms with van der Waals surface area (Å²) < 4.78 is 5.20. The Morgan fingerprint density at radius 2 is 1.62 bits per heavy atom. The molecule has 9 heteroatoms. The van der Waals surface area contributed by atoms with E-state index in [1.165, 1.54) is 24.3 Å². The predicted octanol–water partition coefficient (Wildman–Crippen LogP) is 5.75. The third kappa shape index (κ3) is 6.02. The first-order valence-electron chi connectivity index (χ1n) is 12.7. The minimum Gasteiger partial charge on any atom is -0.462 e. The number of amides is 3. The highest BCUT2D eigenvalue weighted by molar-refractivity contribution is 6.53. The standard InChI is InChI=1S/C30H28ClN3O5/c1-3-5-18-39-30(38)20-14-16-24(17-15-20)34-28(36)25(31)26(29(34)37)32-22-11-9-10-21(19-22)27(35)33(4-2)23-12-7-6-8-13-23/h6-17,19,32H,3-5,18H2,1-2H3. The number of halogens is 1. The third-order valence-corrected chi connectivity index (χ3v) is 6.48. The molecular formula is C30H28ClN3O5. The van der Waals surface area contributed by atoms with E-state index < -0.39 is 17.8 Å². The first-order valence-corrected chi connectivity index (χ1v) is 13.0. The van der Waals surface area contributed by atoms with Gasteiger partial charge < -0.3 is 15.0 Å². The average Bonchev–Trinajstić information content (AvgIpc) is 3.17. The van der Waals surface area contributed by atoms with Crippen molar-refractivity contribution in [3.05, 3.63) is 101 Å². The lowest BCUT2D eigenvalue weighted by Gasteiger charge is -2.21. The summed E-state index contributed by atoms with van der Waals surface area (Å²) >= 11 is 6.28. The number of hydrogen-bond acceptors (Lipinski definition) is 6. The van der Waals surface area contributed by atoms with Gasteiger partial charge >= 0.3 is 5.97 Å². The Balaban J connectivity index is 1.50. The smallest absolute Gasteiger partial charge is 0.338 e. The van der Waals surface area contributed by atoms with Gasteiger partial charge in [-0.1, -0.05) is 49.2 Å². The maximum atomic E-state index is 13.2. The van der Waals surface area contributed by atoms with E-state index in [-0.39, 0.29) is 22.3 Å². The van der Waals surface area contributed by atoms with Gasteiger partial charge in [-0.25, -0.2) is 9.69 Å². The quantitative estimate of drug-likeness (QED) is 0.198. The number of nitrogens with zero attached hydrogens (tertiary/aromatic N) is 2. The molecule has 0 spiro atoms. The van der Waals surface area contributed by atoms with Crippen molar-refractivity contribution in [2.24, 2.45) is 0 Å². The molecule has 0 bridgehead atoms. The van der Waals surface area contributed by atoms with Crippen molar-refractivity contribution in [1.82, 2.24) is 0 Å². The minimum atomic E-state index is -0.698. The summed E-state index contributed by atoms with van der Waals surface area (Å²) in [7, 11) is 0. The number of imide groups is 1. The Kier molecular flexibility index (Phi) is 8.78. The Labute approximate surface area is 231 Å². The van der Waals surface area contributed by atoms with Crippen molar-refractivity contribution in [3.8, 4) is 0 Å². The average molecular weight is 546 g/mol. The van der Waals surface area contributed by atoms with E-state index in [0.29, 0.717) is 30.0 Å². The SMILES string of the molecule is CCCCOC(=O)c1ccc(N2C(=O)C(Cl)=C(Nc3cccc(C(=O)N(CC)c4ccccc4)c3)C2=O)cc1. The van der Waals surface area contributed by atoms with Gasteiger partial charge in [0.25, 0.3) is 17.7 Å². The molecule has 200 valence electrons. The summed E-state index contributed by atoms with van der Waals surface area (Å²) in [4.78, 5) is 54.1. The molecule has 1 N–H and O–H groups in total. The summed E-state index contributed by atoms with van der Waals surface area (Å²) in [6.45, 7) is 4.67. The number of hydrogen-bond donors (Lipinski definition) is 1. The highest BCUT2D eigenvalue weighted by atomic mass is 35.5. The van der Waals surface area contributed by atoms with Crippen LogP contribution in [-0.2, 0) is 14.3 Å². The number of benzene rings is 3. The second-order valence-electron chi connectivity index (χ2n) is 8.76. The van der Waals surface area contributed by atoms with Gasteiger partial charge in [-0.2, -0.15) is 0 Å². The number of carbonyl (C=O) groups excluding carboxylic acids is 4. The molecule has 0 aromatic heterocycles. The number of unbranched alkanes of at least 4 members (excludes halogenated alkanes) is 1. The second kappa shape index (κ2) is 12.4. The van der Waals surface area contributed by atoms with Gasteiger partial charge in [0.2, 0.25) is 0 Å². The van der Waals surface area contributed by atoms with Crippen LogP contribution in [0.3, 0.4) is 0 Å². The van der Waals surface area contributed by atoms with E-state index in [2.05, 4.69) is 5.32 Å². The number of anilines is 3. The summed E-state index contributed by atoms with van der Waals surface area (Å²) in [6, 6.07) is 21.9. The zero-order valence-electron chi connectivity index (χ0n) is 21.6. The third-order valence-electron chi connectivity index (χ3n) is 6.13. The van der Waals surface area contributed by atoms with Gasteiger partial charge in [0.15, 0.2) is 0 Å². The van der Waals surface area contributed by atoms with Crippen LogP contribution in [0.15, 0.2) is 89.6 Å². The summed E-state index contributed by atoms with van der Waals surface area (Å²) in [6.07, 6.45) is 1.67. The maximum absolute atomic E-state index is 13.2. The monoisotopic (exact) mass is 545 g/mol. The molecular weight excluding hydrogens is 518 g/mol. The second-order valence-corrected chi connectivity index (χ2v) is 9.14. The van der Waals surface area contributed by atoms with Crippen molar-refractivity contribution in [2.75, 3.05) is 28.3 Å². The topological polar surface area (TPSA) is 96.0 Å². The zero-order valence-corrected chi connectivity index (χ0v) is 22.4. The fourth-order valence-electron chi connectivity index (χ4n) is 4.07. The van der Waals surface area contributed by atoms with Crippen molar-refractivity contribution in [2.45, 2.75) is 26.7 Å². The van der Waals surface area contributed by atoms with E-state index in [4.69, 9.17) is 16.3 Å². The minimum absolute atomic E-state index is 0.107. The zero-order chi connectivity index (χ0) is 27.9. The van der Waals surface area contributed by atoms with Crippen LogP contribution >= 0.6 is 11.6 Å². The molecule has 0 radical (unpaired) electrons. The van der Waals surface area contributed by atoms with E-state index in [0.717, 1.165) is 23.4 Å². The Bertz CT molecular complexity index is 1420. The summed E-state index contributed by atoms with van der Waals surface area (Å²) in [5.74, 6) is -2.04.